The van der Waals surface area contributed by atoms with E-state index >= 15 is 0 Å². The van der Waals surface area contributed by atoms with Gasteiger partial charge in [0.05, 0.1) is 19.3 Å². The summed E-state index contributed by atoms with van der Waals surface area (Å²) in [5, 5.41) is 13.1. The number of methoxy groups -OCH3 is 1. The molecule has 1 aromatic rings. The van der Waals surface area contributed by atoms with E-state index in [1.165, 1.54) is 0 Å². The van der Waals surface area contributed by atoms with Gasteiger partial charge in [-0.25, -0.2) is 4.79 Å². The van der Waals surface area contributed by atoms with Crippen molar-refractivity contribution in [1.29, 1.82) is 0 Å². The Morgan fingerprint density at radius 3 is 2.43 bits per heavy atom. The van der Waals surface area contributed by atoms with Crippen molar-refractivity contribution >= 4 is 6.03 Å². The molecule has 1 aliphatic carbocycles. The van der Waals surface area contributed by atoms with E-state index < -0.39 is 6.10 Å². The Labute approximate surface area is 138 Å². The molecule has 23 heavy (non-hydrogen) atoms. The monoisotopic (exact) mass is 320 g/mol. The van der Waals surface area contributed by atoms with Gasteiger partial charge in [0.15, 0.2) is 0 Å². The van der Waals surface area contributed by atoms with Gasteiger partial charge in [0.1, 0.15) is 5.75 Å². The smallest absolute Gasteiger partial charge is 0.317 e. The van der Waals surface area contributed by atoms with Gasteiger partial charge in [0.2, 0.25) is 0 Å². The predicted molar refractivity (Wildman–Crippen MR) is 90.5 cm³/mol. The van der Waals surface area contributed by atoms with E-state index in [4.69, 9.17) is 4.74 Å². The minimum absolute atomic E-state index is 0.0751. The number of likely N-dealkylation sites (N-methyl/N-ethyl adjacent to an activating group) is 1. The normalized spacial score (nSPS) is 16.8. The minimum Gasteiger partial charge on any atom is -0.497 e. The van der Waals surface area contributed by atoms with E-state index in [-0.39, 0.29) is 18.0 Å². The van der Waals surface area contributed by atoms with Crippen molar-refractivity contribution in [3.63, 3.8) is 0 Å². The molecule has 2 N–H and O–H groups in total. The van der Waals surface area contributed by atoms with Crippen LogP contribution in [0.4, 0.5) is 4.79 Å². The van der Waals surface area contributed by atoms with Crippen LogP contribution in [0, 0.1) is 11.8 Å². The van der Waals surface area contributed by atoms with Crippen LogP contribution in [-0.4, -0.2) is 42.8 Å². The maximum absolute atomic E-state index is 12.4. The Kier molecular flexibility index (Phi) is 5.88. The first-order valence-corrected chi connectivity index (χ1v) is 8.26. The van der Waals surface area contributed by atoms with Crippen LogP contribution in [0.25, 0.3) is 0 Å². The molecule has 5 nitrogen and oxygen atoms in total. The van der Waals surface area contributed by atoms with Crippen LogP contribution in [-0.2, 0) is 0 Å². The average molecular weight is 320 g/mol. The number of urea groups is 1. The first-order valence-electron chi connectivity index (χ1n) is 8.26. The van der Waals surface area contributed by atoms with Crippen LogP contribution in [0.3, 0.4) is 0 Å². The van der Waals surface area contributed by atoms with Crippen LogP contribution in [0.2, 0.25) is 0 Å². The molecule has 0 aliphatic heterocycles. The van der Waals surface area contributed by atoms with E-state index in [2.05, 4.69) is 19.2 Å². The summed E-state index contributed by atoms with van der Waals surface area (Å²) in [4.78, 5) is 14.0. The Bertz CT molecular complexity index is 512. The average Bonchev–Trinajstić information content (AvgIpc) is 3.37. The molecule has 1 saturated carbocycles. The van der Waals surface area contributed by atoms with E-state index in [1.807, 2.05) is 24.3 Å². The molecule has 0 aromatic heterocycles. The molecule has 0 radical (unpaired) electrons. The van der Waals surface area contributed by atoms with E-state index in [1.54, 1.807) is 19.1 Å². The second-order valence-corrected chi connectivity index (χ2v) is 6.73. The first-order chi connectivity index (χ1) is 10.9. The van der Waals surface area contributed by atoms with Crippen LogP contribution in [0.1, 0.15) is 38.3 Å². The fraction of sp³-hybridized carbons (Fsp3) is 0.611. The minimum atomic E-state index is -0.413. The highest BCUT2D eigenvalue weighted by molar-refractivity contribution is 5.74. The lowest BCUT2D eigenvalue weighted by molar-refractivity contribution is 0.112. The number of benzene rings is 1. The fourth-order valence-electron chi connectivity index (χ4n) is 2.68. The van der Waals surface area contributed by atoms with Crippen molar-refractivity contribution in [2.45, 2.75) is 38.8 Å². The molecule has 1 aliphatic rings. The van der Waals surface area contributed by atoms with E-state index in [9.17, 15) is 9.90 Å². The molecule has 0 bridgehead atoms. The van der Waals surface area contributed by atoms with Crippen molar-refractivity contribution in [2.24, 2.45) is 11.8 Å². The van der Waals surface area contributed by atoms with Crippen molar-refractivity contribution in [3.05, 3.63) is 29.8 Å². The van der Waals surface area contributed by atoms with Gasteiger partial charge in [-0.3, -0.25) is 0 Å². The number of aliphatic hydroxyl groups excluding tert-OH is 1. The van der Waals surface area contributed by atoms with Crippen molar-refractivity contribution in [2.75, 3.05) is 20.7 Å². The molecule has 5 heteroatoms. The second-order valence-electron chi connectivity index (χ2n) is 6.73. The quantitative estimate of drug-likeness (QED) is 0.812. The number of hydrogen-bond donors (Lipinski definition) is 2. The zero-order chi connectivity index (χ0) is 17.0. The number of ether oxygens (including phenoxy) is 1. The second kappa shape index (κ2) is 7.68. The Morgan fingerprint density at radius 2 is 1.96 bits per heavy atom. The lowest BCUT2D eigenvalue weighted by atomic mass is 9.96. The highest BCUT2D eigenvalue weighted by Crippen LogP contribution is 2.32. The summed E-state index contributed by atoms with van der Waals surface area (Å²) < 4.78 is 5.18. The lowest BCUT2D eigenvalue weighted by Crippen LogP contribution is -2.44. The van der Waals surface area contributed by atoms with Crippen LogP contribution >= 0.6 is 0 Å². The molecule has 0 heterocycles. The summed E-state index contributed by atoms with van der Waals surface area (Å²) in [6.45, 7) is 4.53. The SMILES string of the molecule is COc1ccc(C(NC(=O)N(C)CC(O)C2CC2)C(C)C)cc1. The van der Waals surface area contributed by atoms with Gasteiger partial charge < -0.3 is 20.1 Å². The summed E-state index contributed by atoms with van der Waals surface area (Å²) in [5.74, 6) is 1.43. The van der Waals surface area contributed by atoms with Gasteiger partial charge in [-0.2, -0.15) is 0 Å². The Hall–Kier alpha value is -1.75. The van der Waals surface area contributed by atoms with Crippen LogP contribution < -0.4 is 10.1 Å². The number of carbonyl (C=O) groups is 1. The van der Waals surface area contributed by atoms with Gasteiger partial charge >= 0.3 is 6.03 Å². The summed E-state index contributed by atoms with van der Waals surface area (Å²) in [7, 11) is 3.36. The van der Waals surface area contributed by atoms with Crippen molar-refractivity contribution < 1.29 is 14.6 Å². The van der Waals surface area contributed by atoms with Gasteiger partial charge in [0, 0.05) is 13.6 Å². The number of nitrogens with one attached hydrogen (secondary N) is 1. The van der Waals surface area contributed by atoms with Gasteiger partial charge in [0.25, 0.3) is 0 Å². The molecule has 1 aromatic carbocycles. The number of amides is 2. The van der Waals surface area contributed by atoms with Crippen LogP contribution in [0.5, 0.6) is 5.75 Å². The molecule has 2 rings (SSSR count). The van der Waals surface area contributed by atoms with Crippen molar-refractivity contribution in [3.8, 4) is 5.75 Å². The van der Waals surface area contributed by atoms with Crippen LogP contribution in [0.15, 0.2) is 24.3 Å². The fourth-order valence-corrected chi connectivity index (χ4v) is 2.68. The molecule has 2 unspecified atom stereocenters. The Balaban J connectivity index is 1.98. The van der Waals surface area contributed by atoms with Crippen molar-refractivity contribution in [1.82, 2.24) is 10.2 Å². The number of carbonyl (C=O) groups excluding carboxylic acids is 1. The molecule has 2 amide bonds. The highest BCUT2D eigenvalue weighted by atomic mass is 16.5. The highest BCUT2D eigenvalue weighted by Gasteiger charge is 2.31. The molecule has 1 fully saturated rings. The molecule has 0 saturated heterocycles. The zero-order valence-electron chi connectivity index (χ0n) is 14.5. The largest absolute Gasteiger partial charge is 0.497 e. The number of nitrogens with zero attached hydrogens (tertiary/aromatic N) is 1. The van der Waals surface area contributed by atoms with E-state index in [0.717, 1.165) is 24.2 Å². The summed E-state index contributed by atoms with van der Waals surface area (Å²) in [5.41, 5.74) is 1.05. The van der Waals surface area contributed by atoms with Gasteiger partial charge in [-0.1, -0.05) is 26.0 Å². The van der Waals surface area contributed by atoms with E-state index in [0.29, 0.717) is 12.5 Å². The summed E-state index contributed by atoms with van der Waals surface area (Å²) in [6.07, 6.45) is 1.72. The first kappa shape index (κ1) is 17.6. The third-order valence-corrected chi connectivity index (χ3v) is 4.39. The molecular weight excluding hydrogens is 292 g/mol. The Morgan fingerprint density at radius 1 is 1.35 bits per heavy atom. The lowest BCUT2D eigenvalue weighted by Gasteiger charge is -2.27. The number of hydrogen-bond acceptors (Lipinski definition) is 3. The third-order valence-electron chi connectivity index (χ3n) is 4.39. The maximum Gasteiger partial charge on any atom is 0.317 e. The van der Waals surface area contributed by atoms with Gasteiger partial charge in [-0.05, 0) is 42.4 Å². The topological polar surface area (TPSA) is 61.8 Å². The number of rotatable bonds is 7. The summed E-state index contributed by atoms with van der Waals surface area (Å²) >= 11 is 0. The molecule has 128 valence electrons. The summed E-state index contributed by atoms with van der Waals surface area (Å²) in [6, 6.07) is 7.52. The standard InChI is InChI=1S/C18H28N2O3/c1-12(2)17(14-7-9-15(23-4)10-8-14)19-18(22)20(3)11-16(21)13-5-6-13/h7-10,12-13,16-17,21H,5-6,11H2,1-4H3,(H,19,22). The third kappa shape index (κ3) is 4.86. The predicted octanol–water partition coefficient (Wildman–Crippen LogP) is 2.80. The van der Waals surface area contributed by atoms with Gasteiger partial charge in [-0.15, -0.1) is 0 Å². The molecule has 2 atom stereocenters. The zero-order valence-corrected chi connectivity index (χ0v) is 14.5. The molecular formula is C18H28N2O3. The maximum atomic E-state index is 12.4. The number of aliphatic hydroxyl groups is 1. The molecule has 0 spiro atoms.